The molecule has 0 aliphatic rings. The number of rotatable bonds is 94. The summed E-state index contributed by atoms with van der Waals surface area (Å²) in [6.45, 7) is 12.2. The molecule has 684 valence electrons. The number of aliphatic hydroxyl groups excluding tert-OH is 1. The lowest BCUT2D eigenvalue weighted by molar-refractivity contribution is -0.161. The molecule has 0 saturated heterocycles. The van der Waals surface area contributed by atoms with Gasteiger partial charge in [0, 0.05) is 25.7 Å². The third-order valence-corrected chi connectivity index (χ3v) is 24.9. The van der Waals surface area contributed by atoms with Crippen molar-refractivity contribution in [3.05, 3.63) is 0 Å². The van der Waals surface area contributed by atoms with Crippen molar-refractivity contribution in [2.24, 2.45) is 17.8 Å². The van der Waals surface area contributed by atoms with Crippen LogP contribution in [0.15, 0.2) is 0 Å². The molecule has 0 bridgehead atoms. The van der Waals surface area contributed by atoms with E-state index in [1.807, 2.05) is 0 Å². The summed E-state index contributed by atoms with van der Waals surface area (Å²) >= 11 is 0. The molecule has 0 aliphatic carbocycles. The number of carbonyl (C=O) groups is 4. The molecule has 0 amide bonds. The Morgan fingerprint density at radius 2 is 0.443 bits per heavy atom. The Bertz CT molecular complexity index is 2200. The van der Waals surface area contributed by atoms with E-state index in [-0.39, 0.29) is 25.7 Å². The number of carbonyl (C=O) groups excluding carboxylic acids is 4. The summed E-state index contributed by atoms with van der Waals surface area (Å²) in [7, 11) is -9.94. The number of esters is 4. The lowest BCUT2D eigenvalue weighted by atomic mass is 9.99. The van der Waals surface area contributed by atoms with Crippen molar-refractivity contribution in [3.63, 3.8) is 0 Å². The first-order valence-corrected chi connectivity index (χ1v) is 52.4. The van der Waals surface area contributed by atoms with Crippen molar-refractivity contribution in [3.8, 4) is 0 Å². The highest BCUT2D eigenvalue weighted by Crippen LogP contribution is 2.45. The molecule has 0 aromatic rings. The van der Waals surface area contributed by atoms with Crippen molar-refractivity contribution < 1.29 is 80.2 Å². The minimum absolute atomic E-state index is 0.109. The molecule has 0 aromatic heterocycles. The van der Waals surface area contributed by atoms with Crippen LogP contribution in [-0.4, -0.2) is 96.7 Å². The molecule has 3 unspecified atom stereocenters. The van der Waals surface area contributed by atoms with Gasteiger partial charge in [0.15, 0.2) is 12.2 Å². The Morgan fingerprint density at radius 1 is 0.252 bits per heavy atom. The Kier molecular flexibility index (Phi) is 84.2. The van der Waals surface area contributed by atoms with Gasteiger partial charge < -0.3 is 33.8 Å². The smallest absolute Gasteiger partial charge is 0.462 e. The zero-order valence-electron chi connectivity index (χ0n) is 76.3. The number of hydrogen-bond acceptors (Lipinski definition) is 15. The molecule has 115 heavy (non-hydrogen) atoms. The van der Waals surface area contributed by atoms with Crippen LogP contribution in [0.3, 0.4) is 0 Å². The normalized spacial score (nSPS) is 13.9. The molecule has 0 radical (unpaired) electrons. The van der Waals surface area contributed by atoms with Gasteiger partial charge in [-0.25, -0.2) is 9.13 Å². The summed E-state index contributed by atoms with van der Waals surface area (Å²) in [5.41, 5.74) is 0. The molecule has 0 spiro atoms. The third kappa shape index (κ3) is 88.2. The molecule has 0 fully saturated rings. The molecule has 0 aromatic carbocycles. The standard InChI is InChI=1S/C96H188O17P2/c1-8-10-11-12-13-14-39-49-56-63-70-77-93(98)106-83-91(112-95(100)79-72-65-58-51-44-37-31-25-19-16-22-28-34-41-47-54-61-68-75-88(5)6)85-110-114(102,103)108-81-90(97)82-109-115(104,105)111-86-92(84-107-94(99)78-71-64-57-50-43-36-30-24-18-15-21-27-33-40-46-53-60-67-74-87(3)4)113-96(101)80-73-66-59-52-45-38-32-26-20-17-23-29-35-42-48-55-62-69-76-89(7)9-2/h87-92,97H,8-86H2,1-7H3,(H,102,103)(H,104,105)/t89?,90-,91+,92+/m0/s1. The van der Waals surface area contributed by atoms with Crippen LogP contribution in [0.2, 0.25) is 0 Å². The molecule has 6 atom stereocenters. The maximum Gasteiger partial charge on any atom is 0.472 e. The van der Waals surface area contributed by atoms with Crippen LogP contribution in [0.4, 0.5) is 0 Å². The van der Waals surface area contributed by atoms with Gasteiger partial charge in [-0.1, -0.05) is 466 Å². The first-order chi connectivity index (χ1) is 55.8. The van der Waals surface area contributed by atoms with Gasteiger partial charge in [-0.15, -0.1) is 0 Å². The predicted octanol–water partition coefficient (Wildman–Crippen LogP) is 30.0. The van der Waals surface area contributed by atoms with Gasteiger partial charge in [-0.3, -0.25) is 37.3 Å². The second-order valence-corrected chi connectivity index (χ2v) is 38.6. The highest BCUT2D eigenvalue weighted by molar-refractivity contribution is 7.47. The SMILES string of the molecule is CCCCCCCCCCCCCC(=O)OC[C@H](COP(=O)(O)OC[C@H](O)COP(=O)(O)OC[C@@H](COC(=O)CCCCCCCCCCCCCCCCCCCCC(C)C)OC(=O)CCCCCCCCCCCCCCCCCCCCC(C)CC)OC(=O)CCCCCCCCCCCCCCCCCCCCC(C)C. The van der Waals surface area contributed by atoms with Gasteiger partial charge in [-0.05, 0) is 43.4 Å². The number of phosphoric ester groups is 2. The molecule has 17 nitrogen and oxygen atoms in total. The summed E-state index contributed by atoms with van der Waals surface area (Å²) in [5.74, 6) is 0.423. The van der Waals surface area contributed by atoms with E-state index in [4.69, 9.17) is 37.0 Å². The minimum atomic E-state index is -4.97. The van der Waals surface area contributed by atoms with Gasteiger partial charge >= 0.3 is 39.5 Å². The van der Waals surface area contributed by atoms with Crippen LogP contribution in [-0.2, 0) is 65.4 Å². The fourth-order valence-electron chi connectivity index (χ4n) is 15.1. The highest BCUT2D eigenvalue weighted by Gasteiger charge is 2.31. The molecular weight excluding hydrogens is 1490 g/mol. The molecular formula is C96H188O17P2. The number of phosphoric acid groups is 2. The molecule has 0 rings (SSSR count). The summed E-state index contributed by atoms with van der Waals surface area (Å²) in [6.07, 6.45) is 80.6. The van der Waals surface area contributed by atoms with Gasteiger partial charge in [0.2, 0.25) is 0 Å². The average Bonchev–Trinajstić information content (AvgIpc) is 0.897. The van der Waals surface area contributed by atoms with Gasteiger partial charge in [0.05, 0.1) is 26.4 Å². The monoisotopic (exact) mass is 1680 g/mol. The molecule has 19 heteroatoms. The van der Waals surface area contributed by atoms with E-state index in [2.05, 4.69) is 48.5 Å². The lowest BCUT2D eigenvalue weighted by Crippen LogP contribution is -2.30. The van der Waals surface area contributed by atoms with E-state index in [9.17, 15) is 43.2 Å². The van der Waals surface area contributed by atoms with E-state index < -0.39 is 97.5 Å². The van der Waals surface area contributed by atoms with Crippen LogP contribution in [0.1, 0.15) is 517 Å². The zero-order chi connectivity index (χ0) is 84.3. The van der Waals surface area contributed by atoms with Crippen molar-refractivity contribution in [2.45, 2.75) is 535 Å². The summed E-state index contributed by atoms with van der Waals surface area (Å²) in [4.78, 5) is 73.6. The fourth-order valence-corrected chi connectivity index (χ4v) is 16.7. The van der Waals surface area contributed by atoms with Gasteiger partial charge in [-0.2, -0.15) is 0 Å². The average molecular weight is 1680 g/mol. The number of ether oxygens (including phenoxy) is 4. The Balaban J connectivity index is 5.22. The van der Waals surface area contributed by atoms with E-state index in [1.54, 1.807) is 0 Å². The van der Waals surface area contributed by atoms with E-state index in [0.29, 0.717) is 25.7 Å². The molecule has 0 aliphatic heterocycles. The van der Waals surface area contributed by atoms with E-state index in [1.165, 1.54) is 327 Å². The maximum absolute atomic E-state index is 13.2. The Labute approximate surface area is 708 Å². The molecule has 3 N–H and O–H groups in total. The lowest BCUT2D eigenvalue weighted by Gasteiger charge is -2.21. The quantitative estimate of drug-likeness (QED) is 0.0222. The highest BCUT2D eigenvalue weighted by atomic mass is 31.2. The fraction of sp³-hybridized carbons (Fsp3) is 0.958. The second kappa shape index (κ2) is 85.6. The van der Waals surface area contributed by atoms with Crippen LogP contribution in [0.5, 0.6) is 0 Å². The zero-order valence-corrected chi connectivity index (χ0v) is 78.1. The third-order valence-electron chi connectivity index (χ3n) is 23.0. The first kappa shape index (κ1) is 113. The van der Waals surface area contributed by atoms with Crippen LogP contribution in [0, 0.1) is 17.8 Å². The van der Waals surface area contributed by atoms with Crippen molar-refractivity contribution >= 4 is 39.5 Å². The van der Waals surface area contributed by atoms with Gasteiger partial charge in [0.25, 0.3) is 0 Å². The summed E-state index contributed by atoms with van der Waals surface area (Å²) < 4.78 is 69.2. The number of aliphatic hydroxyl groups is 1. The van der Waals surface area contributed by atoms with Crippen molar-refractivity contribution in [1.29, 1.82) is 0 Å². The maximum atomic E-state index is 13.2. The van der Waals surface area contributed by atoms with E-state index >= 15 is 0 Å². The van der Waals surface area contributed by atoms with Crippen molar-refractivity contribution in [1.82, 2.24) is 0 Å². The van der Waals surface area contributed by atoms with Crippen LogP contribution >= 0.6 is 15.6 Å². The second-order valence-electron chi connectivity index (χ2n) is 35.7. The number of hydrogen-bond donors (Lipinski definition) is 3. The Hall–Kier alpha value is -1.94. The first-order valence-electron chi connectivity index (χ1n) is 49.4. The number of unbranched alkanes of at least 4 members (excludes halogenated alkanes) is 61. The minimum Gasteiger partial charge on any atom is -0.462 e. The summed E-state index contributed by atoms with van der Waals surface area (Å²) in [5, 5.41) is 10.7. The molecule has 0 saturated carbocycles. The van der Waals surface area contributed by atoms with E-state index in [0.717, 1.165) is 108 Å². The predicted molar refractivity (Wildman–Crippen MR) is 478 cm³/mol. The van der Waals surface area contributed by atoms with Crippen molar-refractivity contribution in [2.75, 3.05) is 39.6 Å². The topological polar surface area (TPSA) is 237 Å². The Morgan fingerprint density at radius 3 is 0.661 bits per heavy atom. The molecule has 0 heterocycles. The van der Waals surface area contributed by atoms with Gasteiger partial charge in [0.1, 0.15) is 19.3 Å². The van der Waals surface area contributed by atoms with Crippen LogP contribution < -0.4 is 0 Å². The van der Waals surface area contributed by atoms with Crippen LogP contribution in [0.25, 0.3) is 0 Å². The summed E-state index contributed by atoms with van der Waals surface area (Å²) in [6, 6.07) is 0. The largest absolute Gasteiger partial charge is 0.472 e.